The van der Waals surface area contributed by atoms with Gasteiger partial charge in [-0.3, -0.25) is 4.57 Å². The van der Waals surface area contributed by atoms with E-state index in [0.29, 0.717) is 18.2 Å². The zero-order valence-corrected chi connectivity index (χ0v) is 7.90. The van der Waals surface area contributed by atoms with Crippen molar-refractivity contribution in [2.24, 2.45) is 5.92 Å². The first-order chi connectivity index (χ1) is 4.48. The van der Waals surface area contributed by atoms with Gasteiger partial charge in [-0.25, -0.2) is 0 Å². The largest absolute Gasteiger partial charge is 0.344 e. The Balaban J connectivity index is 3.75. The molecule has 0 bridgehead atoms. The van der Waals surface area contributed by atoms with E-state index in [4.69, 9.17) is 0 Å². The molecule has 0 rings (SSSR count). The van der Waals surface area contributed by atoms with E-state index in [-0.39, 0.29) is 0 Å². The molecule has 1 N–H and O–H groups in total. The van der Waals surface area contributed by atoms with Crippen LogP contribution in [-0.2, 0) is 4.57 Å². The highest BCUT2D eigenvalue weighted by atomic mass is 31.2. The first-order valence-electron chi connectivity index (χ1n) is 3.79. The molecule has 1 unspecified atom stereocenters. The molecule has 10 heavy (non-hydrogen) atoms. The van der Waals surface area contributed by atoms with Crippen LogP contribution in [0.3, 0.4) is 0 Å². The molecule has 62 valence electrons. The number of hydrogen-bond acceptors (Lipinski definition) is 1. The van der Waals surface area contributed by atoms with Gasteiger partial charge in [-0.15, -0.1) is 0 Å². The third-order valence-corrected chi connectivity index (χ3v) is 3.67. The van der Waals surface area contributed by atoms with Gasteiger partial charge in [-0.05, 0) is 12.3 Å². The second-order valence-electron chi connectivity index (χ2n) is 3.15. The monoisotopic (exact) mass is 164 g/mol. The van der Waals surface area contributed by atoms with Crippen LogP contribution >= 0.6 is 7.37 Å². The number of hydrogen-bond donors (Lipinski definition) is 1. The third-order valence-electron chi connectivity index (χ3n) is 1.22. The molecular formula is C7H17O2P. The van der Waals surface area contributed by atoms with Crippen molar-refractivity contribution in [3.63, 3.8) is 0 Å². The summed E-state index contributed by atoms with van der Waals surface area (Å²) in [5, 5.41) is 0. The molecule has 0 aliphatic heterocycles. The summed E-state index contributed by atoms with van der Waals surface area (Å²) < 4.78 is 11.2. The van der Waals surface area contributed by atoms with Crippen LogP contribution in [0, 0.1) is 5.92 Å². The van der Waals surface area contributed by atoms with Gasteiger partial charge in [0.1, 0.15) is 0 Å². The van der Waals surface area contributed by atoms with Crippen molar-refractivity contribution in [1.82, 2.24) is 0 Å². The average molecular weight is 164 g/mol. The van der Waals surface area contributed by atoms with Crippen molar-refractivity contribution in [1.29, 1.82) is 0 Å². The molecule has 0 aromatic rings. The van der Waals surface area contributed by atoms with E-state index in [0.717, 1.165) is 6.42 Å². The Morgan fingerprint density at radius 1 is 1.50 bits per heavy atom. The van der Waals surface area contributed by atoms with E-state index in [2.05, 4.69) is 0 Å². The highest BCUT2D eigenvalue weighted by Gasteiger charge is 2.17. The molecule has 0 aromatic carbocycles. The van der Waals surface area contributed by atoms with E-state index in [9.17, 15) is 9.46 Å². The molecule has 0 radical (unpaired) electrons. The summed E-state index contributed by atoms with van der Waals surface area (Å²) in [7, 11) is -2.75. The maximum absolute atomic E-state index is 11.2. The van der Waals surface area contributed by atoms with Gasteiger partial charge in [0.25, 0.3) is 0 Å². The second-order valence-corrected chi connectivity index (χ2v) is 5.65. The Kier molecular flexibility index (Phi) is 4.23. The zero-order chi connectivity index (χ0) is 8.20. The molecule has 0 aromatic heterocycles. The van der Waals surface area contributed by atoms with Crippen molar-refractivity contribution in [2.75, 3.05) is 12.3 Å². The lowest BCUT2D eigenvalue weighted by Crippen LogP contribution is -2.00. The van der Waals surface area contributed by atoms with Crippen LogP contribution in [-0.4, -0.2) is 17.2 Å². The van der Waals surface area contributed by atoms with Gasteiger partial charge in [0.2, 0.25) is 7.37 Å². The first-order valence-corrected chi connectivity index (χ1v) is 5.82. The van der Waals surface area contributed by atoms with Gasteiger partial charge in [0, 0.05) is 12.3 Å². The fraction of sp³-hybridized carbons (Fsp3) is 1.00. The molecule has 0 saturated carbocycles. The second kappa shape index (κ2) is 4.15. The van der Waals surface area contributed by atoms with Gasteiger partial charge in [-0.2, -0.15) is 0 Å². The maximum Gasteiger partial charge on any atom is 0.200 e. The van der Waals surface area contributed by atoms with Crippen LogP contribution < -0.4 is 0 Å². The van der Waals surface area contributed by atoms with Crippen molar-refractivity contribution < 1.29 is 9.46 Å². The van der Waals surface area contributed by atoms with Crippen LogP contribution in [0.2, 0.25) is 0 Å². The summed E-state index contributed by atoms with van der Waals surface area (Å²) in [5.74, 6) is 0.336. The van der Waals surface area contributed by atoms with Crippen LogP contribution in [0.15, 0.2) is 0 Å². The minimum absolute atomic E-state index is 0.336. The highest BCUT2D eigenvalue weighted by Crippen LogP contribution is 2.42. The Labute approximate surface area is 63.1 Å². The van der Waals surface area contributed by atoms with Gasteiger partial charge in [-0.1, -0.05) is 20.8 Å². The smallest absolute Gasteiger partial charge is 0.200 e. The van der Waals surface area contributed by atoms with Crippen LogP contribution in [0.25, 0.3) is 0 Å². The summed E-state index contributed by atoms with van der Waals surface area (Å²) >= 11 is 0. The maximum atomic E-state index is 11.2. The van der Waals surface area contributed by atoms with Crippen LogP contribution in [0.5, 0.6) is 0 Å². The lowest BCUT2D eigenvalue weighted by atomic mass is 10.3. The minimum atomic E-state index is -2.75. The molecule has 0 fully saturated rings. The Bertz CT molecular complexity index is 132. The fourth-order valence-electron chi connectivity index (χ4n) is 1.01. The molecule has 0 saturated heterocycles. The fourth-order valence-corrected chi connectivity index (χ4v) is 3.03. The molecular weight excluding hydrogens is 147 g/mol. The highest BCUT2D eigenvalue weighted by molar-refractivity contribution is 7.57. The van der Waals surface area contributed by atoms with Crippen molar-refractivity contribution in [3.05, 3.63) is 0 Å². The normalized spacial score (nSPS) is 17.3. The van der Waals surface area contributed by atoms with E-state index in [1.807, 2.05) is 20.8 Å². The topological polar surface area (TPSA) is 37.3 Å². The van der Waals surface area contributed by atoms with Gasteiger partial charge >= 0.3 is 0 Å². The van der Waals surface area contributed by atoms with E-state index >= 15 is 0 Å². The van der Waals surface area contributed by atoms with Gasteiger partial charge < -0.3 is 4.89 Å². The molecule has 0 heterocycles. The third kappa shape index (κ3) is 5.01. The summed E-state index contributed by atoms with van der Waals surface area (Å²) in [6, 6.07) is 0. The standard InChI is InChI=1S/C7H17O2P/c1-4-5-10(8,9)6-7(2)3/h7H,4-6H2,1-3H3,(H,8,9). The predicted molar refractivity (Wildman–Crippen MR) is 44.7 cm³/mol. The van der Waals surface area contributed by atoms with E-state index in [1.165, 1.54) is 0 Å². The minimum Gasteiger partial charge on any atom is -0.344 e. The summed E-state index contributed by atoms with van der Waals surface area (Å²) in [4.78, 5) is 9.24. The lowest BCUT2D eigenvalue weighted by molar-refractivity contribution is 0.467. The van der Waals surface area contributed by atoms with Crippen molar-refractivity contribution >= 4 is 7.37 Å². The Hall–Kier alpha value is 0.190. The Morgan fingerprint density at radius 3 is 2.30 bits per heavy atom. The Morgan fingerprint density at radius 2 is 2.00 bits per heavy atom. The predicted octanol–water partition coefficient (Wildman–Crippen LogP) is 2.32. The lowest BCUT2D eigenvalue weighted by Gasteiger charge is -2.11. The molecule has 0 amide bonds. The molecule has 3 heteroatoms. The van der Waals surface area contributed by atoms with Crippen LogP contribution in [0.1, 0.15) is 27.2 Å². The summed E-state index contributed by atoms with van der Waals surface area (Å²) in [5.41, 5.74) is 0. The van der Waals surface area contributed by atoms with Crippen molar-refractivity contribution in [3.8, 4) is 0 Å². The van der Waals surface area contributed by atoms with E-state index in [1.54, 1.807) is 0 Å². The van der Waals surface area contributed by atoms with Gasteiger partial charge in [0.15, 0.2) is 0 Å². The van der Waals surface area contributed by atoms with Gasteiger partial charge in [0.05, 0.1) is 0 Å². The average Bonchev–Trinajstić information content (AvgIpc) is 1.59. The SMILES string of the molecule is CCCP(=O)(O)CC(C)C. The molecule has 1 atom stereocenters. The summed E-state index contributed by atoms with van der Waals surface area (Å²) in [6.07, 6.45) is 1.76. The van der Waals surface area contributed by atoms with Crippen molar-refractivity contribution in [2.45, 2.75) is 27.2 Å². The molecule has 0 spiro atoms. The van der Waals surface area contributed by atoms with E-state index < -0.39 is 7.37 Å². The number of rotatable bonds is 4. The quantitative estimate of drug-likeness (QED) is 0.647. The van der Waals surface area contributed by atoms with Crippen LogP contribution in [0.4, 0.5) is 0 Å². The molecule has 0 aliphatic rings. The first kappa shape index (κ1) is 10.2. The molecule has 2 nitrogen and oxygen atoms in total. The zero-order valence-electron chi connectivity index (χ0n) is 7.00. The molecule has 0 aliphatic carbocycles. The summed E-state index contributed by atoms with van der Waals surface area (Å²) in [6.45, 7) is 5.88.